The van der Waals surface area contributed by atoms with E-state index in [2.05, 4.69) is 49.7 Å². The van der Waals surface area contributed by atoms with Crippen LogP contribution in [0.25, 0.3) is 10.9 Å². The third-order valence-electron chi connectivity index (χ3n) is 2.36. The second-order valence-electron chi connectivity index (χ2n) is 3.39. The molecule has 0 radical (unpaired) electrons. The Balaban J connectivity index is 2.78. The topological polar surface area (TPSA) is 15.8 Å². The highest BCUT2D eigenvalue weighted by Crippen LogP contribution is 2.30. The summed E-state index contributed by atoms with van der Waals surface area (Å²) in [6, 6.07) is 8.35. The van der Waals surface area contributed by atoms with Gasteiger partial charge in [-0.1, -0.05) is 18.2 Å². The van der Waals surface area contributed by atoms with Crippen LogP contribution in [0.2, 0.25) is 0 Å². The summed E-state index contributed by atoms with van der Waals surface area (Å²) >= 11 is 4.48. The number of aromatic amines is 1. The third kappa shape index (κ3) is 1.35. The van der Waals surface area contributed by atoms with Crippen LogP contribution >= 0.6 is 12.6 Å². The zero-order valence-corrected chi connectivity index (χ0v) is 8.73. The summed E-state index contributed by atoms with van der Waals surface area (Å²) in [5.41, 5.74) is 3.75. The van der Waals surface area contributed by atoms with Crippen molar-refractivity contribution < 1.29 is 0 Å². The molecule has 1 aromatic carbocycles. The summed E-state index contributed by atoms with van der Waals surface area (Å²) in [7, 11) is 0. The highest BCUT2D eigenvalue weighted by molar-refractivity contribution is 7.80. The Morgan fingerprint density at radius 3 is 2.69 bits per heavy atom. The number of aromatic nitrogens is 1. The Hall–Kier alpha value is -0.890. The number of hydrogen-bond donors (Lipinski definition) is 2. The molecule has 0 amide bonds. The van der Waals surface area contributed by atoms with E-state index >= 15 is 0 Å². The number of rotatable bonds is 1. The molecular formula is C11H13NS. The lowest BCUT2D eigenvalue weighted by molar-refractivity contribution is 1.09. The van der Waals surface area contributed by atoms with Crippen molar-refractivity contribution in [2.75, 3.05) is 0 Å². The van der Waals surface area contributed by atoms with Crippen molar-refractivity contribution >= 4 is 23.5 Å². The van der Waals surface area contributed by atoms with E-state index in [1.807, 2.05) is 6.07 Å². The maximum absolute atomic E-state index is 4.48. The molecule has 0 aliphatic heterocycles. The number of benzene rings is 1. The SMILES string of the molecule is Cc1[nH]c2ccccc2c1C(C)S. The minimum Gasteiger partial charge on any atom is -0.358 e. The molecule has 0 fully saturated rings. The average Bonchev–Trinajstić information content (AvgIpc) is 2.39. The van der Waals surface area contributed by atoms with Gasteiger partial charge in [-0.25, -0.2) is 0 Å². The predicted molar refractivity (Wildman–Crippen MR) is 60.4 cm³/mol. The molecule has 0 aliphatic carbocycles. The minimum absolute atomic E-state index is 0.288. The molecule has 0 spiro atoms. The normalized spacial score (nSPS) is 13.5. The molecule has 1 N–H and O–H groups in total. The molecule has 68 valence electrons. The fraction of sp³-hybridized carbons (Fsp3) is 0.273. The van der Waals surface area contributed by atoms with Crippen molar-refractivity contribution in [1.29, 1.82) is 0 Å². The monoisotopic (exact) mass is 191 g/mol. The van der Waals surface area contributed by atoms with Crippen LogP contribution < -0.4 is 0 Å². The van der Waals surface area contributed by atoms with E-state index in [0.29, 0.717) is 0 Å². The standard InChI is InChI=1S/C11H13NS/c1-7-11(8(2)13)9-5-3-4-6-10(9)12-7/h3-6,8,12-13H,1-2H3. The molecule has 0 aliphatic rings. The van der Waals surface area contributed by atoms with Crippen LogP contribution in [0.5, 0.6) is 0 Å². The van der Waals surface area contributed by atoms with Gasteiger partial charge in [0.2, 0.25) is 0 Å². The van der Waals surface area contributed by atoms with E-state index in [-0.39, 0.29) is 5.25 Å². The van der Waals surface area contributed by atoms with Crippen LogP contribution in [0.1, 0.15) is 23.4 Å². The first-order valence-electron chi connectivity index (χ1n) is 4.45. The fourth-order valence-corrected chi connectivity index (χ4v) is 2.17. The summed E-state index contributed by atoms with van der Waals surface area (Å²) in [5, 5.41) is 1.58. The highest BCUT2D eigenvalue weighted by atomic mass is 32.1. The van der Waals surface area contributed by atoms with Crippen LogP contribution in [0.3, 0.4) is 0 Å². The van der Waals surface area contributed by atoms with Crippen molar-refractivity contribution in [3.05, 3.63) is 35.5 Å². The lowest BCUT2D eigenvalue weighted by atomic mass is 10.1. The summed E-state index contributed by atoms with van der Waals surface area (Å²) in [6.07, 6.45) is 0. The van der Waals surface area contributed by atoms with Gasteiger partial charge in [0.1, 0.15) is 0 Å². The molecule has 1 nitrogen and oxygen atoms in total. The maximum Gasteiger partial charge on any atom is 0.0459 e. The zero-order chi connectivity index (χ0) is 9.42. The molecule has 1 aromatic heterocycles. The van der Waals surface area contributed by atoms with Crippen LogP contribution in [0.4, 0.5) is 0 Å². The van der Waals surface area contributed by atoms with Crippen molar-refractivity contribution in [1.82, 2.24) is 4.98 Å². The quantitative estimate of drug-likeness (QED) is 0.642. The van der Waals surface area contributed by atoms with E-state index < -0.39 is 0 Å². The molecular weight excluding hydrogens is 178 g/mol. The molecule has 2 rings (SSSR count). The highest BCUT2D eigenvalue weighted by Gasteiger charge is 2.10. The third-order valence-corrected chi connectivity index (χ3v) is 2.62. The molecule has 0 saturated heterocycles. The van der Waals surface area contributed by atoms with Gasteiger partial charge in [0.25, 0.3) is 0 Å². The Kier molecular flexibility index (Phi) is 2.08. The van der Waals surface area contributed by atoms with Crippen molar-refractivity contribution in [3.8, 4) is 0 Å². The van der Waals surface area contributed by atoms with Crippen molar-refractivity contribution in [3.63, 3.8) is 0 Å². The minimum atomic E-state index is 0.288. The second-order valence-corrected chi connectivity index (χ2v) is 4.16. The Bertz CT molecular complexity index is 429. The molecule has 1 heterocycles. The average molecular weight is 191 g/mol. The lowest BCUT2D eigenvalue weighted by Crippen LogP contribution is -1.85. The fourth-order valence-electron chi connectivity index (χ4n) is 1.84. The number of H-pyrrole nitrogens is 1. The summed E-state index contributed by atoms with van der Waals surface area (Å²) in [6.45, 7) is 4.20. The number of hydrogen-bond acceptors (Lipinski definition) is 1. The smallest absolute Gasteiger partial charge is 0.0459 e. The lowest BCUT2D eigenvalue weighted by Gasteiger charge is -2.03. The van der Waals surface area contributed by atoms with Crippen LogP contribution in [-0.2, 0) is 0 Å². The maximum atomic E-state index is 4.48. The van der Waals surface area contributed by atoms with Crippen LogP contribution in [-0.4, -0.2) is 4.98 Å². The van der Waals surface area contributed by atoms with Gasteiger partial charge in [-0.3, -0.25) is 0 Å². The second kappa shape index (κ2) is 3.11. The van der Waals surface area contributed by atoms with Gasteiger partial charge >= 0.3 is 0 Å². The van der Waals surface area contributed by atoms with E-state index in [1.54, 1.807) is 0 Å². The summed E-state index contributed by atoms with van der Waals surface area (Å²) < 4.78 is 0. The summed E-state index contributed by atoms with van der Waals surface area (Å²) in [4.78, 5) is 3.36. The first-order valence-corrected chi connectivity index (χ1v) is 4.97. The van der Waals surface area contributed by atoms with Gasteiger partial charge in [0.15, 0.2) is 0 Å². The largest absolute Gasteiger partial charge is 0.358 e. The van der Waals surface area contributed by atoms with E-state index in [9.17, 15) is 0 Å². The van der Waals surface area contributed by atoms with Gasteiger partial charge in [0.05, 0.1) is 0 Å². The zero-order valence-electron chi connectivity index (χ0n) is 7.83. The number of aryl methyl sites for hydroxylation is 1. The van der Waals surface area contributed by atoms with Gasteiger partial charge < -0.3 is 4.98 Å². The van der Waals surface area contributed by atoms with Crippen molar-refractivity contribution in [2.45, 2.75) is 19.1 Å². The Morgan fingerprint density at radius 1 is 1.31 bits per heavy atom. The number of thiol groups is 1. The van der Waals surface area contributed by atoms with E-state index in [1.165, 1.54) is 22.2 Å². The molecule has 1 atom stereocenters. The summed E-state index contributed by atoms with van der Waals surface area (Å²) in [5.74, 6) is 0. The van der Waals surface area contributed by atoms with Gasteiger partial charge in [0, 0.05) is 21.8 Å². The molecule has 0 bridgehead atoms. The molecule has 0 saturated carbocycles. The molecule has 2 aromatic rings. The molecule has 1 unspecified atom stereocenters. The van der Waals surface area contributed by atoms with E-state index in [4.69, 9.17) is 0 Å². The number of nitrogens with one attached hydrogen (secondary N) is 1. The Labute approximate surface area is 83.6 Å². The van der Waals surface area contributed by atoms with Gasteiger partial charge in [-0.05, 0) is 25.5 Å². The first kappa shape index (κ1) is 8.70. The van der Waals surface area contributed by atoms with Gasteiger partial charge in [-0.2, -0.15) is 12.6 Å². The van der Waals surface area contributed by atoms with Crippen LogP contribution in [0.15, 0.2) is 24.3 Å². The predicted octanol–water partition coefficient (Wildman–Crippen LogP) is 3.47. The van der Waals surface area contributed by atoms with Crippen LogP contribution in [0, 0.1) is 6.92 Å². The molecule has 2 heteroatoms. The van der Waals surface area contributed by atoms with E-state index in [0.717, 1.165) is 0 Å². The molecule has 13 heavy (non-hydrogen) atoms. The van der Waals surface area contributed by atoms with Gasteiger partial charge in [-0.15, -0.1) is 0 Å². The Morgan fingerprint density at radius 2 is 2.00 bits per heavy atom. The first-order chi connectivity index (χ1) is 6.20. The van der Waals surface area contributed by atoms with Crippen molar-refractivity contribution in [2.24, 2.45) is 0 Å². The number of fused-ring (bicyclic) bond motifs is 1. The number of para-hydroxylation sites is 1.